The van der Waals surface area contributed by atoms with Crippen LogP contribution in [0.15, 0.2) is 24.3 Å². The van der Waals surface area contributed by atoms with Crippen LogP contribution < -0.4 is 4.72 Å². The summed E-state index contributed by atoms with van der Waals surface area (Å²) in [5, 5.41) is 10.3. The standard InChI is InChI=1S/C11H15ClFNO3S/c12-10-4-2-9(3-5-10)11(15)8-14-18(16,17)7-1-6-13/h2-5,11,14-15H,1,6-8H2. The number of benzene rings is 1. The molecule has 0 radical (unpaired) electrons. The highest BCUT2D eigenvalue weighted by Gasteiger charge is 2.13. The molecule has 0 aliphatic rings. The van der Waals surface area contributed by atoms with Crippen molar-refractivity contribution in [2.24, 2.45) is 0 Å². The van der Waals surface area contributed by atoms with Gasteiger partial charge < -0.3 is 5.11 Å². The molecule has 0 fully saturated rings. The number of hydrogen-bond donors (Lipinski definition) is 2. The third-order valence-electron chi connectivity index (χ3n) is 2.30. The Balaban J connectivity index is 2.50. The van der Waals surface area contributed by atoms with Crippen molar-refractivity contribution in [1.29, 1.82) is 0 Å². The molecule has 0 saturated heterocycles. The summed E-state index contributed by atoms with van der Waals surface area (Å²) in [7, 11) is -3.53. The number of hydrogen-bond acceptors (Lipinski definition) is 3. The van der Waals surface area contributed by atoms with Crippen LogP contribution in [0, 0.1) is 0 Å². The van der Waals surface area contributed by atoms with Crippen molar-refractivity contribution in [3.63, 3.8) is 0 Å². The molecule has 4 nitrogen and oxygen atoms in total. The normalized spacial score (nSPS) is 13.5. The molecule has 0 saturated carbocycles. The second-order valence-corrected chi connectivity index (χ2v) is 6.14. The van der Waals surface area contributed by atoms with Gasteiger partial charge in [0, 0.05) is 11.6 Å². The number of halogens is 2. The van der Waals surface area contributed by atoms with Crippen LogP contribution in [-0.2, 0) is 10.0 Å². The number of nitrogens with one attached hydrogen (secondary N) is 1. The molecule has 18 heavy (non-hydrogen) atoms. The van der Waals surface area contributed by atoms with Crippen molar-refractivity contribution in [2.45, 2.75) is 12.5 Å². The molecular weight excluding hydrogens is 281 g/mol. The van der Waals surface area contributed by atoms with E-state index in [9.17, 15) is 17.9 Å². The molecule has 1 atom stereocenters. The van der Waals surface area contributed by atoms with E-state index < -0.39 is 22.8 Å². The average Bonchev–Trinajstić information content (AvgIpc) is 2.35. The molecule has 1 rings (SSSR count). The molecule has 0 aliphatic carbocycles. The smallest absolute Gasteiger partial charge is 0.211 e. The first-order valence-corrected chi connectivity index (χ1v) is 7.44. The Kier molecular flexibility index (Phi) is 6.01. The molecule has 0 spiro atoms. The van der Waals surface area contributed by atoms with Gasteiger partial charge >= 0.3 is 0 Å². The van der Waals surface area contributed by atoms with Crippen molar-refractivity contribution >= 4 is 21.6 Å². The fraction of sp³-hybridized carbons (Fsp3) is 0.455. The Labute approximate surface area is 111 Å². The van der Waals surface area contributed by atoms with E-state index in [1.54, 1.807) is 24.3 Å². The summed E-state index contributed by atoms with van der Waals surface area (Å²) < 4.78 is 36.8. The first kappa shape index (κ1) is 15.4. The van der Waals surface area contributed by atoms with Gasteiger partial charge in [-0.3, -0.25) is 4.39 Å². The monoisotopic (exact) mass is 295 g/mol. The summed E-state index contributed by atoms with van der Waals surface area (Å²) in [6.07, 6.45) is -1.01. The zero-order chi connectivity index (χ0) is 13.6. The van der Waals surface area contributed by atoms with Gasteiger partial charge in [-0.05, 0) is 24.1 Å². The second-order valence-electron chi connectivity index (χ2n) is 3.78. The van der Waals surface area contributed by atoms with Gasteiger partial charge in [-0.15, -0.1) is 0 Å². The maximum absolute atomic E-state index is 11.9. The number of aliphatic hydroxyl groups is 1. The van der Waals surface area contributed by atoms with Crippen LogP contribution >= 0.6 is 11.6 Å². The van der Waals surface area contributed by atoms with Gasteiger partial charge in [0.1, 0.15) is 0 Å². The zero-order valence-corrected chi connectivity index (χ0v) is 11.2. The van der Waals surface area contributed by atoms with Crippen molar-refractivity contribution < 1.29 is 17.9 Å². The third kappa shape index (κ3) is 5.30. The molecule has 1 aromatic rings. The number of sulfonamides is 1. The maximum Gasteiger partial charge on any atom is 0.211 e. The molecule has 0 bridgehead atoms. The summed E-state index contributed by atoms with van der Waals surface area (Å²) in [6.45, 7) is -0.823. The molecule has 0 amide bonds. The lowest BCUT2D eigenvalue weighted by Gasteiger charge is -2.12. The van der Waals surface area contributed by atoms with Crippen molar-refractivity contribution in [1.82, 2.24) is 4.72 Å². The van der Waals surface area contributed by atoms with Gasteiger partial charge in [-0.1, -0.05) is 23.7 Å². The lowest BCUT2D eigenvalue weighted by Crippen LogP contribution is -2.30. The van der Waals surface area contributed by atoms with Crippen molar-refractivity contribution in [3.8, 4) is 0 Å². The van der Waals surface area contributed by atoms with Crippen molar-refractivity contribution in [3.05, 3.63) is 34.9 Å². The highest BCUT2D eigenvalue weighted by Crippen LogP contribution is 2.15. The van der Waals surface area contributed by atoms with Crippen LogP contribution in [0.3, 0.4) is 0 Å². The van der Waals surface area contributed by atoms with E-state index in [1.165, 1.54) is 0 Å². The molecule has 2 N–H and O–H groups in total. The van der Waals surface area contributed by atoms with Crippen LogP contribution in [-0.4, -0.2) is 32.5 Å². The van der Waals surface area contributed by atoms with Gasteiger partial charge in [0.25, 0.3) is 0 Å². The lowest BCUT2D eigenvalue weighted by molar-refractivity contribution is 0.182. The Morgan fingerprint density at radius 2 is 1.94 bits per heavy atom. The Bertz CT molecular complexity index is 464. The number of rotatable bonds is 7. The summed E-state index contributed by atoms with van der Waals surface area (Å²) in [4.78, 5) is 0. The highest BCUT2D eigenvalue weighted by molar-refractivity contribution is 7.89. The predicted molar refractivity (Wildman–Crippen MR) is 68.8 cm³/mol. The van der Waals surface area contributed by atoms with E-state index in [0.717, 1.165) is 0 Å². The molecular formula is C11H15ClFNO3S. The fourth-order valence-corrected chi connectivity index (χ4v) is 2.50. The van der Waals surface area contributed by atoms with Crippen molar-refractivity contribution in [2.75, 3.05) is 19.0 Å². The first-order valence-electron chi connectivity index (χ1n) is 5.41. The molecule has 1 aromatic carbocycles. The third-order valence-corrected chi connectivity index (χ3v) is 3.98. The number of aliphatic hydroxyl groups excluding tert-OH is 1. The van der Waals surface area contributed by atoms with E-state index in [2.05, 4.69) is 4.72 Å². The molecule has 102 valence electrons. The lowest BCUT2D eigenvalue weighted by atomic mass is 10.1. The van der Waals surface area contributed by atoms with Gasteiger partial charge in [0.15, 0.2) is 0 Å². The minimum atomic E-state index is -3.53. The van der Waals surface area contributed by atoms with Gasteiger partial charge in [0.2, 0.25) is 10.0 Å². The van der Waals surface area contributed by atoms with Crippen LogP contribution in [0.4, 0.5) is 4.39 Å². The minimum Gasteiger partial charge on any atom is -0.387 e. The SMILES string of the molecule is O=S(=O)(CCCF)NCC(O)c1ccc(Cl)cc1. The predicted octanol–water partition coefficient (Wildman–Crippen LogP) is 1.65. The van der Waals surface area contributed by atoms with E-state index >= 15 is 0 Å². The van der Waals surface area contributed by atoms with Crippen LogP contribution in [0.2, 0.25) is 5.02 Å². The quantitative estimate of drug-likeness (QED) is 0.804. The summed E-state index contributed by atoms with van der Waals surface area (Å²) in [5.41, 5.74) is 0.563. The molecule has 1 unspecified atom stereocenters. The zero-order valence-electron chi connectivity index (χ0n) is 9.64. The van der Waals surface area contributed by atoms with E-state index in [4.69, 9.17) is 11.6 Å². The second kappa shape index (κ2) is 7.04. The minimum absolute atomic E-state index is 0.0492. The van der Waals surface area contributed by atoms with Crippen LogP contribution in [0.1, 0.15) is 18.1 Å². The summed E-state index contributed by atoms with van der Waals surface area (Å²) in [5.74, 6) is -0.281. The van der Waals surface area contributed by atoms with Crippen LogP contribution in [0.25, 0.3) is 0 Å². The van der Waals surface area contributed by atoms with E-state index in [1.807, 2.05) is 0 Å². The fourth-order valence-electron chi connectivity index (χ4n) is 1.33. The van der Waals surface area contributed by atoms with Crippen LogP contribution in [0.5, 0.6) is 0 Å². The van der Waals surface area contributed by atoms with Gasteiger partial charge in [0.05, 0.1) is 18.5 Å². The molecule has 7 heteroatoms. The topological polar surface area (TPSA) is 66.4 Å². The highest BCUT2D eigenvalue weighted by atomic mass is 35.5. The largest absolute Gasteiger partial charge is 0.387 e. The molecule has 0 aliphatic heterocycles. The summed E-state index contributed by atoms with van der Waals surface area (Å²) >= 11 is 5.69. The van der Waals surface area contributed by atoms with Gasteiger partial charge in [-0.2, -0.15) is 0 Å². The Morgan fingerprint density at radius 3 is 2.50 bits per heavy atom. The summed E-state index contributed by atoms with van der Waals surface area (Å²) in [6, 6.07) is 6.45. The van der Waals surface area contributed by atoms with E-state index in [-0.39, 0.29) is 18.7 Å². The Morgan fingerprint density at radius 1 is 1.33 bits per heavy atom. The maximum atomic E-state index is 11.9. The molecule has 0 heterocycles. The van der Waals surface area contributed by atoms with E-state index in [0.29, 0.717) is 10.6 Å². The number of alkyl halides is 1. The Hall–Kier alpha value is -0.690. The molecule has 0 aromatic heterocycles. The first-order chi connectivity index (χ1) is 8.44. The van der Waals surface area contributed by atoms with Gasteiger partial charge in [-0.25, -0.2) is 13.1 Å². The average molecular weight is 296 g/mol.